The number of ether oxygens (including phenoxy) is 1. The van der Waals surface area contributed by atoms with Crippen LogP contribution in [0.2, 0.25) is 0 Å². The lowest BCUT2D eigenvalue weighted by molar-refractivity contribution is 0.0133. The predicted octanol–water partition coefficient (Wildman–Crippen LogP) is 2.95. The number of amidine groups is 1. The quantitative estimate of drug-likeness (QED) is 0.641. The highest BCUT2D eigenvalue weighted by Gasteiger charge is 2.31. The number of carbonyl (C=O) groups excluding carboxylic acids is 1. The van der Waals surface area contributed by atoms with E-state index in [1.54, 1.807) is 4.90 Å². The first-order chi connectivity index (χ1) is 10.3. The van der Waals surface area contributed by atoms with Crippen molar-refractivity contribution in [2.24, 2.45) is 0 Å². The molecule has 1 N–H and O–H groups in total. The van der Waals surface area contributed by atoms with Crippen LogP contribution < -0.4 is 0 Å². The second-order valence-corrected chi connectivity index (χ2v) is 6.68. The van der Waals surface area contributed by atoms with Crippen molar-refractivity contribution in [3.8, 4) is 0 Å². The molecule has 5 heteroatoms. The summed E-state index contributed by atoms with van der Waals surface area (Å²) in [5.74, 6) is 0.511. The van der Waals surface area contributed by atoms with Crippen LogP contribution in [0.5, 0.6) is 0 Å². The molecule has 1 aromatic carbocycles. The number of rotatable bonds is 1. The average Bonchev–Trinajstić information content (AvgIpc) is 2.45. The molecule has 1 heterocycles. The maximum Gasteiger partial charge on any atom is 0.410 e. The van der Waals surface area contributed by atoms with Crippen molar-refractivity contribution < 1.29 is 9.53 Å². The zero-order valence-corrected chi connectivity index (χ0v) is 13.8. The Morgan fingerprint density at radius 2 is 1.86 bits per heavy atom. The first-order valence-corrected chi connectivity index (χ1v) is 7.66. The highest BCUT2D eigenvalue weighted by atomic mass is 16.6. The largest absolute Gasteiger partial charge is 0.444 e. The van der Waals surface area contributed by atoms with Crippen molar-refractivity contribution in [3.05, 3.63) is 35.9 Å². The van der Waals surface area contributed by atoms with Crippen molar-refractivity contribution in [1.82, 2.24) is 9.80 Å². The molecule has 22 heavy (non-hydrogen) atoms. The van der Waals surface area contributed by atoms with Gasteiger partial charge in [-0.2, -0.15) is 0 Å². The molecule has 2 rings (SSSR count). The molecule has 1 saturated heterocycles. The summed E-state index contributed by atoms with van der Waals surface area (Å²) in [5.41, 5.74) is 0.425. The number of hydrogen-bond donors (Lipinski definition) is 1. The van der Waals surface area contributed by atoms with Crippen molar-refractivity contribution in [3.63, 3.8) is 0 Å². The van der Waals surface area contributed by atoms with Crippen LogP contribution in [-0.2, 0) is 4.74 Å². The van der Waals surface area contributed by atoms with E-state index in [0.29, 0.717) is 25.5 Å². The second kappa shape index (κ2) is 6.38. The van der Waals surface area contributed by atoms with Gasteiger partial charge in [-0.3, -0.25) is 5.41 Å². The third-order valence-corrected chi connectivity index (χ3v) is 3.61. The molecule has 0 spiro atoms. The van der Waals surface area contributed by atoms with E-state index in [1.165, 1.54) is 0 Å². The summed E-state index contributed by atoms with van der Waals surface area (Å²) >= 11 is 0. The Labute approximate surface area is 132 Å². The van der Waals surface area contributed by atoms with Gasteiger partial charge >= 0.3 is 6.09 Å². The van der Waals surface area contributed by atoms with Crippen molar-refractivity contribution in [1.29, 1.82) is 5.41 Å². The standard InChI is InChI=1S/C17H25N3O2/c1-13-12-19(16(21)22-17(2,3)4)10-11-20(13)15(18)14-8-6-5-7-9-14/h5-9,13,18H,10-12H2,1-4H3/t13-/m1/s1. The SMILES string of the molecule is C[C@@H]1CN(C(=O)OC(C)(C)C)CCN1C(=N)c1ccccc1. The van der Waals surface area contributed by atoms with Gasteiger partial charge < -0.3 is 14.5 Å². The molecule has 1 aromatic rings. The molecule has 0 saturated carbocycles. The minimum atomic E-state index is -0.478. The lowest BCUT2D eigenvalue weighted by Crippen LogP contribution is -2.56. The molecule has 1 aliphatic heterocycles. The third kappa shape index (κ3) is 4.00. The molecule has 0 unspecified atom stereocenters. The Bertz CT molecular complexity index is 537. The molecule has 1 atom stereocenters. The van der Waals surface area contributed by atoms with Gasteiger partial charge in [0.1, 0.15) is 11.4 Å². The van der Waals surface area contributed by atoms with E-state index in [2.05, 4.69) is 0 Å². The molecular formula is C17H25N3O2. The smallest absolute Gasteiger partial charge is 0.410 e. The van der Waals surface area contributed by atoms with Gasteiger partial charge in [-0.1, -0.05) is 30.3 Å². The molecule has 0 bridgehead atoms. The van der Waals surface area contributed by atoms with Gasteiger partial charge in [0.25, 0.3) is 0 Å². The highest BCUT2D eigenvalue weighted by Crippen LogP contribution is 2.17. The van der Waals surface area contributed by atoms with Crippen LogP contribution in [0.1, 0.15) is 33.3 Å². The molecule has 0 aliphatic carbocycles. The molecular weight excluding hydrogens is 278 g/mol. The van der Waals surface area contributed by atoms with E-state index in [0.717, 1.165) is 5.56 Å². The number of nitrogens with zero attached hydrogens (tertiary/aromatic N) is 2. The van der Waals surface area contributed by atoms with Crippen molar-refractivity contribution >= 4 is 11.9 Å². The summed E-state index contributed by atoms with van der Waals surface area (Å²) < 4.78 is 5.42. The Balaban J connectivity index is 1.98. The molecule has 1 aliphatic rings. The van der Waals surface area contributed by atoms with Crippen LogP contribution in [0, 0.1) is 5.41 Å². The summed E-state index contributed by atoms with van der Waals surface area (Å²) in [6, 6.07) is 9.79. The van der Waals surface area contributed by atoms with Crippen LogP contribution in [0.25, 0.3) is 0 Å². The number of hydrogen-bond acceptors (Lipinski definition) is 3. The molecule has 0 aromatic heterocycles. The number of piperazine rings is 1. The molecule has 5 nitrogen and oxygen atoms in total. The Hall–Kier alpha value is -2.04. The number of carbonyl (C=O) groups is 1. The summed E-state index contributed by atoms with van der Waals surface area (Å²) in [5, 5.41) is 8.36. The van der Waals surface area contributed by atoms with Crippen molar-refractivity contribution in [2.45, 2.75) is 39.3 Å². The Kier molecular flexibility index (Phi) is 4.74. The van der Waals surface area contributed by atoms with Crippen LogP contribution in [-0.4, -0.2) is 53.0 Å². The minimum Gasteiger partial charge on any atom is -0.444 e. The molecule has 0 radical (unpaired) electrons. The first-order valence-electron chi connectivity index (χ1n) is 7.66. The lowest BCUT2D eigenvalue weighted by atomic mass is 10.1. The van der Waals surface area contributed by atoms with Gasteiger partial charge in [0.2, 0.25) is 0 Å². The highest BCUT2D eigenvalue weighted by molar-refractivity contribution is 5.96. The van der Waals surface area contributed by atoms with E-state index >= 15 is 0 Å². The van der Waals surface area contributed by atoms with Gasteiger partial charge in [-0.05, 0) is 27.7 Å². The summed E-state index contributed by atoms with van der Waals surface area (Å²) in [7, 11) is 0. The maximum atomic E-state index is 12.1. The van der Waals surface area contributed by atoms with E-state index in [9.17, 15) is 4.79 Å². The zero-order valence-electron chi connectivity index (χ0n) is 13.8. The average molecular weight is 303 g/mol. The Morgan fingerprint density at radius 3 is 2.41 bits per heavy atom. The number of benzene rings is 1. The van der Waals surface area contributed by atoms with E-state index in [4.69, 9.17) is 10.1 Å². The predicted molar refractivity (Wildman–Crippen MR) is 87.2 cm³/mol. The first kappa shape index (κ1) is 16.3. The summed E-state index contributed by atoms with van der Waals surface area (Å²) in [4.78, 5) is 15.9. The molecule has 1 fully saturated rings. The zero-order chi connectivity index (χ0) is 16.3. The van der Waals surface area contributed by atoms with E-state index in [-0.39, 0.29) is 12.1 Å². The van der Waals surface area contributed by atoms with E-state index < -0.39 is 5.60 Å². The van der Waals surface area contributed by atoms with Crippen LogP contribution in [0.4, 0.5) is 4.79 Å². The Morgan fingerprint density at radius 1 is 1.23 bits per heavy atom. The molecule has 120 valence electrons. The summed E-state index contributed by atoms with van der Waals surface area (Å²) in [6.07, 6.45) is -0.273. The van der Waals surface area contributed by atoms with Crippen molar-refractivity contribution in [2.75, 3.05) is 19.6 Å². The maximum absolute atomic E-state index is 12.1. The van der Waals surface area contributed by atoms with Crippen LogP contribution in [0.3, 0.4) is 0 Å². The summed E-state index contributed by atoms with van der Waals surface area (Å²) in [6.45, 7) is 9.45. The van der Waals surface area contributed by atoms with Gasteiger partial charge in [0.05, 0.1) is 0 Å². The topological polar surface area (TPSA) is 56.6 Å². The van der Waals surface area contributed by atoms with Crippen LogP contribution in [0.15, 0.2) is 30.3 Å². The normalized spacial score (nSPS) is 19.0. The fourth-order valence-electron chi connectivity index (χ4n) is 2.54. The second-order valence-electron chi connectivity index (χ2n) is 6.68. The molecule has 1 amide bonds. The third-order valence-electron chi connectivity index (χ3n) is 3.61. The number of nitrogens with one attached hydrogen (secondary N) is 1. The number of amides is 1. The monoisotopic (exact) mass is 303 g/mol. The van der Waals surface area contributed by atoms with E-state index in [1.807, 2.05) is 62.9 Å². The fourth-order valence-corrected chi connectivity index (χ4v) is 2.54. The van der Waals surface area contributed by atoms with Gasteiger partial charge in [-0.15, -0.1) is 0 Å². The fraction of sp³-hybridized carbons (Fsp3) is 0.529. The lowest BCUT2D eigenvalue weighted by Gasteiger charge is -2.41. The van der Waals surface area contributed by atoms with Gasteiger partial charge in [0.15, 0.2) is 0 Å². The minimum absolute atomic E-state index is 0.0916. The van der Waals surface area contributed by atoms with Crippen LogP contribution >= 0.6 is 0 Å². The van der Waals surface area contributed by atoms with Gasteiger partial charge in [-0.25, -0.2) is 4.79 Å². The van der Waals surface area contributed by atoms with Gasteiger partial charge in [0, 0.05) is 31.2 Å².